The number of ether oxygens (including phenoxy) is 1. The SMILES string of the molecule is CC(C)OC(=O)CCCCNC1(c2ccccc2Cl)CCCCC1=O.Cl. The highest BCUT2D eigenvalue weighted by Gasteiger charge is 2.41. The molecule has 0 saturated heterocycles. The first-order chi connectivity index (χ1) is 12.0. The molecule has 0 aliphatic heterocycles. The smallest absolute Gasteiger partial charge is 0.306 e. The van der Waals surface area contributed by atoms with Gasteiger partial charge in [-0.1, -0.05) is 36.2 Å². The van der Waals surface area contributed by atoms with Crippen molar-refractivity contribution < 1.29 is 14.3 Å². The fraction of sp³-hybridized carbons (Fsp3) is 0.600. The molecule has 26 heavy (non-hydrogen) atoms. The summed E-state index contributed by atoms with van der Waals surface area (Å²) in [4.78, 5) is 24.4. The second kappa shape index (κ2) is 10.9. The summed E-state index contributed by atoms with van der Waals surface area (Å²) < 4.78 is 5.14. The summed E-state index contributed by atoms with van der Waals surface area (Å²) in [6.07, 6.45) is 5.18. The molecule has 1 unspecified atom stereocenters. The molecule has 1 saturated carbocycles. The Labute approximate surface area is 167 Å². The Kier molecular flexibility index (Phi) is 9.62. The molecule has 1 atom stereocenters. The molecule has 0 spiro atoms. The fourth-order valence-corrected chi connectivity index (χ4v) is 3.72. The molecule has 0 bridgehead atoms. The average molecular weight is 402 g/mol. The summed E-state index contributed by atoms with van der Waals surface area (Å²) in [6.45, 7) is 4.37. The first-order valence-corrected chi connectivity index (χ1v) is 9.56. The van der Waals surface area contributed by atoms with Crippen LogP contribution in [0.3, 0.4) is 0 Å². The van der Waals surface area contributed by atoms with Gasteiger partial charge in [-0.05, 0) is 57.7 Å². The molecule has 1 aliphatic rings. The Balaban J connectivity index is 0.00000338. The Bertz CT molecular complexity index is 606. The third kappa shape index (κ3) is 5.97. The zero-order chi connectivity index (χ0) is 18.3. The number of hydrogen-bond acceptors (Lipinski definition) is 4. The van der Waals surface area contributed by atoms with E-state index in [1.807, 2.05) is 38.1 Å². The molecule has 6 heteroatoms. The van der Waals surface area contributed by atoms with Crippen molar-refractivity contribution in [3.63, 3.8) is 0 Å². The number of carbonyl (C=O) groups is 2. The lowest BCUT2D eigenvalue weighted by Gasteiger charge is -2.38. The van der Waals surface area contributed by atoms with Gasteiger partial charge in [-0.3, -0.25) is 9.59 Å². The van der Waals surface area contributed by atoms with Crippen LogP contribution in [0.2, 0.25) is 5.02 Å². The number of benzene rings is 1. The Hall–Kier alpha value is -1.10. The van der Waals surface area contributed by atoms with Gasteiger partial charge in [-0.2, -0.15) is 0 Å². The van der Waals surface area contributed by atoms with Gasteiger partial charge in [-0.15, -0.1) is 12.4 Å². The number of nitrogens with one attached hydrogen (secondary N) is 1. The molecule has 2 rings (SSSR count). The molecule has 0 amide bonds. The third-order valence-electron chi connectivity index (χ3n) is 4.62. The van der Waals surface area contributed by atoms with Crippen molar-refractivity contribution in [1.82, 2.24) is 5.32 Å². The molecule has 0 aromatic heterocycles. The average Bonchev–Trinajstić information content (AvgIpc) is 2.56. The van der Waals surface area contributed by atoms with Crippen LogP contribution in [-0.4, -0.2) is 24.4 Å². The van der Waals surface area contributed by atoms with E-state index >= 15 is 0 Å². The van der Waals surface area contributed by atoms with Gasteiger partial charge in [-0.25, -0.2) is 0 Å². The molecule has 0 heterocycles. The zero-order valence-electron chi connectivity index (χ0n) is 15.6. The number of ketones is 1. The van der Waals surface area contributed by atoms with Crippen molar-refractivity contribution in [2.75, 3.05) is 6.54 Å². The van der Waals surface area contributed by atoms with Crippen LogP contribution in [0.4, 0.5) is 0 Å². The van der Waals surface area contributed by atoms with Crippen LogP contribution in [-0.2, 0) is 19.9 Å². The molecule has 0 radical (unpaired) electrons. The highest BCUT2D eigenvalue weighted by atomic mass is 35.5. The van der Waals surface area contributed by atoms with Gasteiger partial charge in [0.1, 0.15) is 5.54 Å². The van der Waals surface area contributed by atoms with Crippen molar-refractivity contribution in [2.45, 2.75) is 70.4 Å². The topological polar surface area (TPSA) is 55.4 Å². The van der Waals surface area contributed by atoms with Crippen LogP contribution in [0.15, 0.2) is 24.3 Å². The second-order valence-electron chi connectivity index (χ2n) is 6.94. The largest absolute Gasteiger partial charge is 0.463 e. The quantitative estimate of drug-likeness (QED) is 0.501. The van der Waals surface area contributed by atoms with Crippen molar-refractivity contribution in [2.24, 2.45) is 0 Å². The lowest BCUT2D eigenvalue weighted by atomic mass is 9.75. The Morgan fingerprint density at radius 1 is 1.27 bits per heavy atom. The van der Waals surface area contributed by atoms with Gasteiger partial charge in [0, 0.05) is 17.9 Å². The number of halogens is 2. The Morgan fingerprint density at radius 3 is 2.65 bits per heavy atom. The first-order valence-electron chi connectivity index (χ1n) is 9.18. The first kappa shape index (κ1) is 22.9. The summed E-state index contributed by atoms with van der Waals surface area (Å²) in [6, 6.07) is 7.59. The molecule has 1 N–H and O–H groups in total. The summed E-state index contributed by atoms with van der Waals surface area (Å²) in [5, 5.41) is 4.10. The number of carbonyl (C=O) groups excluding carboxylic acids is 2. The van der Waals surface area contributed by atoms with E-state index < -0.39 is 5.54 Å². The maximum absolute atomic E-state index is 12.8. The minimum Gasteiger partial charge on any atom is -0.463 e. The molecular weight excluding hydrogens is 373 g/mol. The third-order valence-corrected chi connectivity index (χ3v) is 4.95. The molecule has 1 fully saturated rings. The maximum Gasteiger partial charge on any atom is 0.306 e. The molecule has 1 aliphatic carbocycles. The number of Topliss-reactive ketones (excluding diaryl/α,β-unsaturated/α-hetero) is 1. The predicted octanol–water partition coefficient (Wildman–Crippen LogP) is 4.81. The fourth-order valence-electron chi connectivity index (χ4n) is 3.42. The number of rotatable bonds is 8. The van der Waals surface area contributed by atoms with Gasteiger partial charge in [0.05, 0.1) is 6.10 Å². The van der Waals surface area contributed by atoms with Crippen LogP contribution in [0.1, 0.15) is 64.4 Å². The normalized spacial score (nSPS) is 19.9. The van der Waals surface area contributed by atoms with Gasteiger partial charge in [0.2, 0.25) is 0 Å². The minimum atomic E-state index is -0.685. The predicted molar refractivity (Wildman–Crippen MR) is 107 cm³/mol. The standard InChI is InChI=1S/C20H28ClNO3.ClH/c1-15(2)25-19(24)12-6-8-14-22-20(13-7-5-11-18(20)23)16-9-3-4-10-17(16)21;/h3-4,9-10,15,22H,5-8,11-14H2,1-2H3;1H. The van der Waals surface area contributed by atoms with Crippen molar-refractivity contribution >= 4 is 35.8 Å². The summed E-state index contributed by atoms with van der Waals surface area (Å²) in [5.41, 5.74) is 0.190. The van der Waals surface area contributed by atoms with Crippen molar-refractivity contribution in [1.29, 1.82) is 0 Å². The molecule has 1 aromatic rings. The van der Waals surface area contributed by atoms with Crippen LogP contribution in [0.25, 0.3) is 0 Å². The Morgan fingerprint density at radius 2 is 2.00 bits per heavy atom. The monoisotopic (exact) mass is 401 g/mol. The molecule has 4 nitrogen and oxygen atoms in total. The summed E-state index contributed by atoms with van der Waals surface area (Å²) in [7, 11) is 0. The lowest BCUT2D eigenvalue weighted by Crippen LogP contribution is -2.51. The van der Waals surface area contributed by atoms with Crippen LogP contribution >= 0.6 is 24.0 Å². The van der Waals surface area contributed by atoms with Crippen LogP contribution < -0.4 is 5.32 Å². The lowest BCUT2D eigenvalue weighted by molar-refractivity contribution is -0.147. The van der Waals surface area contributed by atoms with Gasteiger partial charge in [0.25, 0.3) is 0 Å². The number of hydrogen-bond donors (Lipinski definition) is 1. The van der Waals surface area contributed by atoms with Gasteiger partial charge >= 0.3 is 5.97 Å². The number of esters is 1. The van der Waals surface area contributed by atoms with Gasteiger partial charge in [0.15, 0.2) is 5.78 Å². The van der Waals surface area contributed by atoms with E-state index in [0.29, 0.717) is 24.4 Å². The van der Waals surface area contributed by atoms with Crippen LogP contribution in [0, 0.1) is 0 Å². The molecule has 146 valence electrons. The van der Waals surface area contributed by atoms with E-state index in [9.17, 15) is 9.59 Å². The van der Waals surface area contributed by atoms with E-state index in [4.69, 9.17) is 16.3 Å². The summed E-state index contributed by atoms with van der Waals surface area (Å²) >= 11 is 6.39. The van der Waals surface area contributed by atoms with E-state index in [1.54, 1.807) is 0 Å². The zero-order valence-corrected chi connectivity index (χ0v) is 17.1. The summed E-state index contributed by atoms with van der Waals surface area (Å²) in [5.74, 6) is 0.0515. The highest BCUT2D eigenvalue weighted by Crippen LogP contribution is 2.38. The highest BCUT2D eigenvalue weighted by molar-refractivity contribution is 6.31. The van der Waals surface area contributed by atoms with Crippen LogP contribution in [0.5, 0.6) is 0 Å². The van der Waals surface area contributed by atoms with E-state index in [2.05, 4.69) is 5.32 Å². The van der Waals surface area contributed by atoms with E-state index in [1.165, 1.54) is 0 Å². The molecular formula is C20H29Cl2NO3. The minimum absolute atomic E-state index is 0. The molecule has 1 aromatic carbocycles. The van der Waals surface area contributed by atoms with Gasteiger partial charge < -0.3 is 10.1 Å². The van der Waals surface area contributed by atoms with Crippen molar-refractivity contribution in [3.8, 4) is 0 Å². The maximum atomic E-state index is 12.8. The van der Waals surface area contributed by atoms with E-state index in [0.717, 1.165) is 37.7 Å². The van der Waals surface area contributed by atoms with E-state index in [-0.39, 0.29) is 30.3 Å². The van der Waals surface area contributed by atoms with Crippen molar-refractivity contribution in [3.05, 3.63) is 34.9 Å². The second-order valence-corrected chi connectivity index (χ2v) is 7.35. The number of unbranched alkanes of at least 4 members (excludes halogenated alkanes) is 1.